The molecule has 4 rings (SSSR count). The molecule has 0 saturated carbocycles. The highest BCUT2D eigenvalue weighted by molar-refractivity contribution is 5.77. The van der Waals surface area contributed by atoms with Crippen LogP contribution in [0.15, 0.2) is 40.1 Å². The van der Waals surface area contributed by atoms with Gasteiger partial charge in [-0.15, -0.1) is 0 Å². The molecule has 9 heteroatoms. The average Bonchev–Trinajstić information content (AvgIpc) is 3.29. The van der Waals surface area contributed by atoms with Crippen molar-refractivity contribution >= 4 is 11.2 Å². The average molecular weight is 396 g/mol. The zero-order valence-electron chi connectivity index (χ0n) is 16.2. The predicted molar refractivity (Wildman–Crippen MR) is 107 cm³/mol. The quantitative estimate of drug-likeness (QED) is 0.522. The predicted octanol–water partition coefficient (Wildman–Crippen LogP) is 2.34. The van der Waals surface area contributed by atoms with Gasteiger partial charge in [0, 0.05) is 26.2 Å². The first kappa shape index (κ1) is 18.9. The topological polar surface area (TPSA) is 101 Å². The minimum absolute atomic E-state index is 0.309. The van der Waals surface area contributed by atoms with Crippen LogP contribution in [0.3, 0.4) is 0 Å². The summed E-state index contributed by atoms with van der Waals surface area (Å²) in [6, 6.07) is 6.34. The molecular weight excluding hydrogens is 375 g/mol. The molecule has 3 aromatic heterocycles. The highest BCUT2D eigenvalue weighted by atomic mass is 19.1. The summed E-state index contributed by atoms with van der Waals surface area (Å²) >= 11 is 0. The number of unbranched alkanes of at least 4 members (excludes halogenated alkanes) is 1. The van der Waals surface area contributed by atoms with E-state index >= 15 is 0 Å². The van der Waals surface area contributed by atoms with Crippen molar-refractivity contribution in [2.45, 2.75) is 32.7 Å². The largest absolute Gasteiger partial charge is 0.329 e. The van der Waals surface area contributed by atoms with E-state index in [2.05, 4.69) is 27.1 Å². The number of aromatic nitrogens is 6. The van der Waals surface area contributed by atoms with E-state index < -0.39 is 11.2 Å². The lowest BCUT2D eigenvalue weighted by Crippen LogP contribution is -2.29. The van der Waals surface area contributed by atoms with Gasteiger partial charge in [-0.1, -0.05) is 25.5 Å². The Morgan fingerprint density at radius 3 is 2.83 bits per heavy atom. The maximum Gasteiger partial charge on any atom is 0.329 e. The summed E-state index contributed by atoms with van der Waals surface area (Å²) < 4.78 is 16.7. The number of aromatic amines is 2. The van der Waals surface area contributed by atoms with E-state index in [9.17, 15) is 14.0 Å². The van der Waals surface area contributed by atoms with E-state index in [1.54, 1.807) is 19.3 Å². The number of fused-ring (bicyclic) bond motifs is 1. The summed E-state index contributed by atoms with van der Waals surface area (Å²) in [4.78, 5) is 31.5. The van der Waals surface area contributed by atoms with Gasteiger partial charge in [-0.05, 0) is 24.1 Å². The van der Waals surface area contributed by atoms with Crippen LogP contribution in [0.2, 0.25) is 0 Å². The Morgan fingerprint density at radius 1 is 1.24 bits per heavy atom. The Morgan fingerprint density at radius 2 is 2.07 bits per heavy atom. The number of benzene rings is 1. The second kappa shape index (κ2) is 7.50. The Labute approximate surface area is 165 Å². The summed E-state index contributed by atoms with van der Waals surface area (Å²) in [6.07, 6.45) is 3.90. The fraction of sp³-hybridized carbons (Fsp3) is 0.300. The van der Waals surface area contributed by atoms with Crippen LogP contribution in [0.4, 0.5) is 4.39 Å². The molecule has 2 N–H and O–H groups in total. The van der Waals surface area contributed by atoms with E-state index in [1.165, 1.54) is 16.7 Å². The first-order valence-corrected chi connectivity index (χ1v) is 9.46. The Kier molecular flexibility index (Phi) is 4.87. The molecule has 29 heavy (non-hydrogen) atoms. The van der Waals surface area contributed by atoms with Crippen LogP contribution in [0, 0.1) is 5.82 Å². The number of hydrogen-bond donors (Lipinski definition) is 2. The van der Waals surface area contributed by atoms with Crippen molar-refractivity contribution in [3.8, 4) is 11.4 Å². The van der Waals surface area contributed by atoms with Gasteiger partial charge >= 0.3 is 5.69 Å². The van der Waals surface area contributed by atoms with Gasteiger partial charge in [-0.3, -0.25) is 19.4 Å². The summed E-state index contributed by atoms with van der Waals surface area (Å²) in [5.41, 5.74) is 1.88. The summed E-state index contributed by atoms with van der Waals surface area (Å²) in [5, 5.41) is 7.16. The SMILES string of the molecule is CCCCn1c(-c2c[nH]nc2Cc2cccc(F)c2)nc2c1c(=O)[nH]c(=O)n2C. The molecule has 3 heterocycles. The van der Waals surface area contributed by atoms with Crippen molar-refractivity contribution in [3.05, 3.63) is 68.4 Å². The molecule has 8 nitrogen and oxygen atoms in total. The number of hydrogen-bond acceptors (Lipinski definition) is 4. The highest BCUT2D eigenvalue weighted by Gasteiger charge is 2.21. The lowest BCUT2D eigenvalue weighted by atomic mass is 10.1. The fourth-order valence-electron chi connectivity index (χ4n) is 3.46. The van der Waals surface area contributed by atoms with E-state index in [0.29, 0.717) is 41.2 Å². The molecule has 0 spiro atoms. The number of H-pyrrole nitrogens is 2. The van der Waals surface area contributed by atoms with Gasteiger partial charge in [0.2, 0.25) is 0 Å². The molecule has 0 unspecified atom stereocenters. The van der Waals surface area contributed by atoms with Crippen molar-refractivity contribution in [1.29, 1.82) is 0 Å². The van der Waals surface area contributed by atoms with Crippen molar-refractivity contribution in [2.75, 3.05) is 0 Å². The maximum absolute atomic E-state index is 13.6. The van der Waals surface area contributed by atoms with Gasteiger partial charge in [0.05, 0.1) is 11.3 Å². The van der Waals surface area contributed by atoms with E-state index in [-0.39, 0.29) is 5.82 Å². The molecule has 150 valence electrons. The molecule has 0 amide bonds. The lowest BCUT2D eigenvalue weighted by molar-refractivity contribution is 0.626. The molecule has 0 atom stereocenters. The minimum Gasteiger partial charge on any atom is -0.318 e. The van der Waals surface area contributed by atoms with E-state index in [4.69, 9.17) is 0 Å². The molecule has 4 aromatic rings. The third-order valence-corrected chi connectivity index (χ3v) is 4.96. The Bertz CT molecular complexity index is 1300. The van der Waals surface area contributed by atoms with Crippen LogP contribution in [-0.2, 0) is 20.0 Å². The second-order valence-corrected chi connectivity index (χ2v) is 6.98. The number of nitrogens with one attached hydrogen (secondary N) is 2. The molecule has 0 bridgehead atoms. The van der Waals surface area contributed by atoms with Crippen molar-refractivity contribution in [2.24, 2.45) is 7.05 Å². The number of nitrogens with zero attached hydrogens (tertiary/aromatic N) is 4. The third-order valence-electron chi connectivity index (χ3n) is 4.96. The van der Waals surface area contributed by atoms with Crippen LogP contribution in [0.5, 0.6) is 0 Å². The zero-order chi connectivity index (χ0) is 20.5. The molecular formula is C20H21FN6O2. The minimum atomic E-state index is -0.513. The van der Waals surface area contributed by atoms with Crippen molar-refractivity contribution < 1.29 is 4.39 Å². The van der Waals surface area contributed by atoms with Crippen LogP contribution in [0.25, 0.3) is 22.6 Å². The van der Waals surface area contributed by atoms with Crippen LogP contribution >= 0.6 is 0 Å². The van der Waals surface area contributed by atoms with E-state index in [1.807, 2.05) is 10.6 Å². The van der Waals surface area contributed by atoms with Crippen LogP contribution in [0.1, 0.15) is 31.0 Å². The first-order valence-electron chi connectivity index (χ1n) is 9.46. The second-order valence-electron chi connectivity index (χ2n) is 6.98. The monoisotopic (exact) mass is 396 g/mol. The lowest BCUT2D eigenvalue weighted by Gasteiger charge is -2.08. The van der Waals surface area contributed by atoms with Crippen molar-refractivity contribution in [3.63, 3.8) is 0 Å². The summed E-state index contributed by atoms with van der Waals surface area (Å²) in [7, 11) is 1.57. The smallest absolute Gasteiger partial charge is 0.318 e. The molecule has 0 radical (unpaired) electrons. The van der Waals surface area contributed by atoms with Crippen LogP contribution < -0.4 is 11.2 Å². The van der Waals surface area contributed by atoms with Gasteiger partial charge in [0.15, 0.2) is 11.2 Å². The molecule has 0 saturated heterocycles. The molecule has 0 aliphatic rings. The van der Waals surface area contributed by atoms with Gasteiger partial charge < -0.3 is 4.57 Å². The first-order chi connectivity index (χ1) is 14.0. The highest BCUT2D eigenvalue weighted by Crippen LogP contribution is 2.26. The van der Waals surface area contributed by atoms with E-state index in [0.717, 1.165) is 18.4 Å². The third kappa shape index (κ3) is 3.39. The molecule has 1 aromatic carbocycles. The van der Waals surface area contributed by atoms with Crippen LogP contribution in [-0.4, -0.2) is 29.3 Å². The maximum atomic E-state index is 13.6. The normalized spacial score (nSPS) is 11.4. The Hall–Kier alpha value is -3.49. The number of imidazole rings is 1. The molecule has 0 aliphatic carbocycles. The zero-order valence-corrected chi connectivity index (χ0v) is 16.2. The van der Waals surface area contributed by atoms with Gasteiger partial charge in [0.25, 0.3) is 5.56 Å². The fourth-order valence-corrected chi connectivity index (χ4v) is 3.46. The van der Waals surface area contributed by atoms with Gasteiger partial charge in [0.1, 0.15) is 11.6 Å². The standard InChI is InChI=1S/C20H21FN6O2/c1-3-4-8-27-16-18(26(2)20(29)24-19(16)28)23-17(27)14-11-22-25-15(14)10-12-6-5-7-13(21)9-12/h5-7,9,11H,3-4,8,10H2,1-2H3,(H,22,25)(H,24,28,29). The van der Waals surface area contributed by atoms with Gasteiger partial charge in [-0.25, -0.2) is 14.2 Å². The number of halogens is 1. The molecule has 0 aliphatic heterocycles. The molecule has 0 fully saturated rings. The number of rotatable bonds is 6. The van der Waals surface area contributed by atoms with Crippen molar-refractivity contribution in [1.82, 2.24) is 29.3 Å². The Balaban J connectivity index is 1.89. The summed E-state index contributed by atoms with van der Waals surface area (Å²) in [5.74, 6) is 0.247. The van der Waals surface area contributed by atoms with Gasteiger partial charge in [-0.2, -0.15) is 5.10 Å². The summed E-state index contributed by atoms with van der Waals surface area (Å²) in [6.45, 7) is 2.64. The number of aryl methyl sites for hydroxylation is 2.